The van der Waals surface area contributed by atoms with Crippen molar-refractivity contribution in [1.29, 1.82) is 0 Å². The Morgan fingerprint density at radius 2 is 1.93 bits per heavy atom. The molecule has 1 aromatic carbocycles. The van der Waals surface area contributed by atoms with Gasteiger partial charge < -0.3 is 15.2 Å². The summed E-state index contributed by atoms with van der Waals surface area (Å²) in [5.74, 6) is 0. The molecule has 0 saturated heterocycles. The third-order valence-corrected chi connectivity index (χ3v) is 2.20. The van der Waals surface area contributed by atoms with E-state index in [1.807, 2.05) is 24.3 Å². The average molecular weight is 211 g/mol. The Kier molecular flexibility index (Phi) is 4.75. The largest absolute Gasteiger partial charge is 0.364 e. The third-order valence-electron chi connectivity index (χ3n) is 2.20. The van der Waals surface area contributed by atoms with Crippen LogP contribution in [-0.4, -0.2) is 18.3 Å². The predicted octanol–water partition coefficient (Wildman–Crippen LogP) is 2.07. The Morgan fingerprint density at radius 3 is 2.40 bits per heavy atom. The Balaban J connectivity index is 0.00000225. The van der Waals surface area contributed by atoms with Gasteiger partial charge in [0.15, 0.2) is 6.29 Å². The third kappa shape index (κ3) is 4.00. The van der Waals surface area contributed by atoms with E-state index in [2.05, 4.69) is 19.2 Å². The van der Waals surface area contributed by atoms with Gasteiger partial charge in [-0.2, -0.15) is 0 Å². The summed E-state index contributed by atoms with van der Waals surface area (Å²) >= 11 is 0. The van der Waals surface area contributed by atoms with Crippen LogP contribution in [0.25, 0.3) is 0 Å². The van der Waals surface area contributed by atoms with Gasteiger partial charge >= 0.3 is 0 Å². The van der Waals surface area contributed by atoms with Crippen LogP contribution in [0.1, 0.15) is 32.7 Å². The van der Waals surface area contributed by atoms with Gasteiger partial charge in [-0.25, -0.2) is 0 Å². The number of nitrogens with one attached hydrogen (secondary N) is 1. The van der Waals surface area contributed by atoms with Crippen molar-refractivity contribution < 1.29 is 11.3 Å². The lowest BCUT2D eigenvalue weighted by atomic mass is 10.1. The van der Waals surface area contributed by atoms with Crippen LogP contribution in [0.15, 0.2) is 24.3 Å². The number of hydrogen-bond acceptors (Lipinski definition) is 3. The zero-order valence-corrected chi connectivity index (χ0v) is 9.53. The lowest BCUT2D eigenvalue weighted by Crippen LogP contribution is -2.21. The zero-order chi connectivity index (χ0) is 11.3. The summed E-state index contributed by atoms with van der Waals surface area (Å²) in [6, 6.07) is 8.23. The SMILES string of the molecule is COC(O)c1ccc(CNC(C)C)cc1.[HH]. The van der Waals surface area contributed by atoms with Gasteiger partial charge in [0.2, 0.25) is 0 Å². The molecule has 0 fully saturated rings. The summed E-state index contributed by atoms with van der Waals surface area (Å²) in [6.45, 7) is 5.08. The second kappa shape index (κ2) is 5.85. The molecule has 0 bridgehead atoms. The number of aliphatic hydroxyl groups is 1. The van der Waals surface area contributed by atoms with Gasteiger partial charge in [0, 0.05) is 26.7 Å². The molecule has 3 heteroatoms. The van der Waals surface area contributed by atoms with Crippen LogP contribution in [-0.2, 0) is 11.3 Å². The second-order valence-electron chi connectivity index (χ2n) is 3.87. The molecule has 0 radical (unpaired) electrons. The molecule has 1 atom stereocenters. The number of methoxy groups -OCH3 is 1. The van der Waals surface area contributed by atoms with Gasteiger partial charge in [-0.05, 0) is 5.56 Å². The Labute approximate surface area is 92.6 Å². The van der Waals surface area contributed by atoms with E-state index in [-0.39, 0.29) is 1.43 Å². The molecular weight excluding hydrogens is 190 g/mol. The summed E-state index contributed by atoms with van der Waals surface area (Å²) in [5, 5.41) is 12.7. The van der Waals surface area contributed by atoms with E-state index < -0.39 is 6.29 Å². The number of hydrogen-bond donors (Lipinski definition) is 2. The summed E-state index contributed by atoms with van der Waals surface area (Å²) in [7, 11) is 1.49. The fraction of sp³-hybridized carbons (Fsp3) is 0.500. The van der Waals surface area contributed by atoms with Crippen molar-refractivity contribution in [2.24, 2.45) is 0 Å². The first-order valence-electron chi connectivity index (χ1n) is 5.16. The molecule has 2 N–H and O–H groups in total. The van der Waals surface area contributed by atoms with Crippen molar-refractivity contribution in [3.05, 3.63) is 35.4 Å². The lowest BCUT2D eigenvalue weighted by Gasteiger charge is -2.11. The smallest absolute Gasteiger partial charge is 0.180 e. The minimum absolute atomic E-state index is 0. The van der Waals surface area contributed by atoms with Crippen molar-refractivity contribution in [2.45, 2.75) is 32.7 Å². The molecule has 86 valence electrons. The van der Waals surface area contributed by atoms with E-state index in [4.69, 9.17) is 4.74 Å². The second-order valence-corrected chi connectivity index (χ2v) is 3.87. The molecule has 0 amide bonds. The van der Waals surface area contributed by atoms with Gasteiger partial charge in [-0.15, -0.1) is 0 Å². The van der Waals surface area contributed by atoms with Crippen LogP contribution in [0, 0.1) is 0 Å². The molecule has 3 nitrogen and oxygen atoms in total. The van der Waals surface area contributed by atoms with E-state index >= 15 is 0 Å². The minimum Gasteiger partial charge on any atom is -0.364 e. The highest BCUT2D eigenvalue weighted by molar-refractivity contribution is 5.23. The summed E-state index contributed by atoms with van der Waals surface area (Å²) in [5.41, 5.74) is 1.99. The number of ether oxygens (including phenoxy) is 1. The lowest BCUT2D eigenvalue weighted by molar-refractivity contribution is -0.0769. The molecule has 0 saturated carbocycles. The van der Waals surface area contributed by atoms with E-state index in [0.29, 0.717) is 6.04 Å². The maximum absolute atomic E-state index is 9.40. The quantitative estimate of drug-likeness (QED) is 0.733. The molecule has 15 heavy (non-hydrogen) atoms. The molecule has 1 rings (SSSR count). The minimum atomic E-state index is -0.822. The Hall–Kier alpha value is -0.900. The maximum atomic E-state index is 9.40. The van der Waals surface area contributed by atoms with Gasteiger partial charge in [0.25, 0.3) is 0 Å². The van der Waals surface area contributed by atoms with Gasteiger partial charge in [0.1, 0.15) is 0 Å². The molecule has 0 heterocycles. The summed E-state index contributed by atoms with van der Waals surface area (Å²) < 4.78 is 4.81. The summed E-state index contributed by atoms with van der Waals surface area (Å²) in [4.78, 5) is 0. The van der Waals surface area contributed by atoms with Crippen molar-refractivity contribution in [3.63, 3.8) is 0 Å². The number of benzene rings is 1. The van der Waals surface area contributed by atoms with Crippen LogP contribution in [0.2, 0.25) is 0 Å². The van der Waals surface area contributed by atoms with Crippen molar-refractivity contribution in [2.75, 3.05) is 7.11 Å². The van der Waals surface area contributed by atoms with E-state index in [0.717, 1.165) is 12.1 Å². The van der Waals surface area contributed by atoms with Crippen LogP contribution in [0.3, 0.4) is 0 Å². The van der Waals surface area contributed by atoms with E-state index in [9.17, 15) is 5.11 Å². The fourth-order valence-electron chi connectivity index (χ4n) is 1.26. The highest BCUT2D eigenvalue weighted by atomic mass is 16.6. The molecule has 0 aliphatic carbocycles. The van der Waals surface area contributed by atoms with E-state index in [1.165, 1.54) is 12.7 Å². The molecular formula is C12H21NO2. The predicted molar refractivity (Wildman–Crippen MR) is 62.5 cm³/mol. The van der Waals surface area contributed by atoms with E-state index in [1.54, 1.807) is 0 Å². The number of aliphatic hydroxyl groups excluding tert-OH is 1. The van der Waals surface area contributed by atoms with Crippen LogP contribution in [0.5, 0.6) is 0 Å². The zero-order valence-electron chi connectivity index (χ0n) is 9.53. The Bertz CT molecular complexity index is 288. The first kappa shape index (κ1) is 12.2. The molecule has 0 spiro atoms. The molecule has 0 aliphatic heterocycles. The fourth-order valence-corrected chi connectivity index (χ4v) is 1.26. The first-order valence-corrected chi connectivity index (χ1v) is 5.16. The van der Waals surface area contributed by atoms with Crippen molar-refractivity contribution in [1.82, 2.24) is 5.32 Å². The van der Waals surface area contributed by atoms with Gasteiger partial charge in [-0.3, -0.25) is 0 Å². The highest BCUT2D eigenvalue weighted by Crippen LogP contribution is 2.13. The molecule has 0 aliphatic rings. The monoisotopic (exact) mass is 211 g/mol. The highest BCUT2D eigenvalue weighted by Gasteiger charge is 2.04. The van der Waals surface area contributed by atoms with Crippen molar-refractivity contribution >= 4 is 0 Å². The standard InChI is InChI=1S/C12H19NO2.H2/c1-9(2)13-8-10-4-6-11(7-5-10)12(14)15-3;/h4-7,9,12-14H,8H2,1-3H3;1H. The van der Waals surface area contributed by atoms with Crippen LogP contribution in [0.4, 0.5) is 0 Å². The Morgan fingerprint density at radius 1 is 1.33 bits per heavy atom. The van der Waals surface area contributed by atoms with Crippen LogP contribution < -0.4 is 5.32 Å². The van der Waals surface area contributed by atoms with Crippen molar-refractivity contribution in [3.8, 4) is 0 Å². The molecule has 1 unspecified atom stereocenters. The maximum Gasteiger partial charge on any atom is 0.180 e. The first-order chi connectivity index (χ1) is 7.13. The van der Waals surface area contributed by atoms with Gasteiger partial charge in [-0.1, -0.05) is 38.1 Å². The molecule has 1 aromatic rings. The number of rotatable bonds is 5. The topological polar surface area (TPSA) is 41.5 Å². The van der Waals surface area contributed by atoms with Gasteiger partial charge in [0.05, 0.1) is 0 Å². The van der Waals surface area contributed by atoms with Crippen LogP contribution >= 0.6 is 0 Å². The normalized spacial score (nSPS) is 13.1. The summed E-state index contributed by atoms with van der Waals surface area (Å²) in [6.07, 6.45) is -0.822. The average Bonchev–Trinajstić information content (AvgIpc) is 2.26. The molecule has 0 aromatic heterocycles.